The Balaban J connectivity index is 1.57. The Kier molecular flexibility index (Phi) is 6.63. The molecule has 10 heteroatoms. The summed E-state index contributed by atoms with van der Waals surface area (Å²) in [6.07, 6.45) is -0.551. The van der Waals surface area contributed by atoms with Gasteiger partial charge in [0.05, 0.1) is 17.7 Å². The molecule has 1 aromatic rings. The molecular weight excluding hydrogens is 418 g/mol. The minimum absolute atomic E-state index is 0.0678. The quantitative estimate of drug-likeness (QED) is 0.364. The first kappa shape index (κ1) is 23.4. The molecule has 10 nitrogen and oxygen atoms in total. The highest BCUT2D eigenvalue weighted by Crippen LogP contribution is 2.29. The minimum Gasteiger partial charge on any atom is -0.458 e. The molecule has 32 heavy (non-hydrogen) atoms. The number of hydrogen-bond acceptors (Lipinski definition) is 8. The molecule has 0 aliphatic carbocycles. The van der Waals surface area contributed by atoms with Crippen LogP contribution in [0.3, 0.4) is 0 Å². The summed E-state index contributed by atoms with van der Waals surface area (Å²) in [7, 11) is 0. The Morgan fingerprint density at radius 2 is 1.88 bits per heavy atom. The molecule has 4 amide bonds. The molecule has 172 valence electrons. The lowest BCUT2D eigenvalue weighted by Gasteiger charge is -2.27. The van der Waals surface area contributed by atoms with Crippen LogP contribution in [0.4, 0.5) is 5.69 Å². The highest BCUT2D eigenvalue weighted by atomic mass is 16.6. The highest BCUT2D eigenvalue weighted by Gasteiger charge is 2.44. The lowest BCUT2D eigenvalue weighted by molar-refractivity contribution is -0.167. The molecule has 1 saturated heterocycles. The van der Waals surface area contributed by atoms with Gasteiger partial charge < -0.3 is 14.8 Å². The second-order valence-electron chi connectivity index (χ2n) is 8.68. The number of nitrogens with one attached hydrogen (secondary N) is 2. The van der Waals surface area contributed by atoms with Gasteiger partial charge in [-0.15, -0.1) is 0 Å². The average molecular weight is 445 g/mol. The lowest BCUT2D eigenvalue weighted by Crippen LogP contribution is -2.54. The fourth-order valence-corrected chi connectivity index (χ4v) is 3.46. The number of carbonyl (C=O) groups is 5. The van der Waals surface area contributed by atoms with Crippen LogP contribution in [0.15, 0.2) is 18.2 Å². The predicted octanol–water partition coefficient (Wildman–Crippen LogP) is 1.25. The van der Waals surface area contributed by atoms with E-state index in [9.17, 15) is 24.0 Å². The van der Waals surface area contributed by atoms with Crippen molar-refractivity contribution in [2.45, 2.75) is 58.3 Å². The summed E-state index contributed by atoms with van der Waals surface area (Å²) in [4.78, 5) is 61.9. The zero-order chi connectivity index (χ0) is 23.6. The third kappa shape index (κ3) is 5.13. The summed E-state index contributed by atoms with van der Waals surface area (Å²) in [5.74, 6) is -2.64. The number of ether oxygens (including phenoxy) is 2. The third-order valence-corrected chi connectivity index (χ3v) is 4.98. The molecule has 0 saturated carbocycles. The van der Waals surface area contributed by atoms with Gasteiger partial charge in [-0.05, 0) is 52.3 Å². The van der Waals surface area contributed by atoms with Crippen molar-refractivity contribution < 1.29 is 33.4 Å². The zero-order valence-corrected chi connectivity index (χ0v) is 18.5. The summed E-state index contributed by atoms with van der Waals surface area (Å²) in [6.45, 7) is 7.51. The fraction of sp³-hybridized carbons (Fsp3) is 0.500. The molecule has 2 N–H and O–H groups in total. The number of nitrogens with zero attached hydrogens (tertiary/aromatic N) is 1. The molecule has 1 aromatic carbocycles. The van der Waals surface area contributed by atoms with Gasteiger partial charge >= 0.3 is 5.97 Å². The van der Waals surface area contributed by atoms with Gasteiger partial charge in [0.1, 0.15) is 11.6 Å². The summed E-state index contributed by atoms with van der Waals surface area (Å²) in [6, 6.07) is 3.71. The monoisotopic (exact) mass is 445 g/mol. The van der Waals surface area contributed by atoms with Crippen LogP contribution in [0.1, 0.15) is 61.3 Å². The van der Waals surface area contributed by atoms with Gasteiger partial charge in [-0.3, -0.25) is 29.4 Å². The van der Waals surface area contributed by atoms with Gasteiger partial charge in [-0.1, -0.05) is 0 Å². The SMILES string of the molecule is CC(OCCNc1ccc2c(c1)C(=O)N(C1CCC(=O)NC1=O)C2=O)C(=O)OC(C)(C)C. The van der Waals surface area contributed by atoms with Crippen molar-refractivity contribution in [1.82, 2.24) is 10.2 Å². The number of carbonyl (C=O) groups excluding carboxylic acids is 5. The minimum atomic E-state index is -1.00. The van der Waals surface area contributed by atoms with Crippen molar-refractivity contribution in [3.05, 3.63) is 29.3 Å². The Morgan fingerprint density at radius 1 is 1.19 bits per heavy atom. The molecule has 2 aliphatic heterocycles. The maximum Gasteiger partial charge on any atom is 0.335 e. The van der Waals surface area contributed by atoms with E-state index in [2.05, 4.69) is 10.6 Å². The van der Waals surface area contributed by atoms with E-state index in [1.54, 1.807) is 39.8 Å². The Hall–Kier alpha value is -3.27. The van der Waals surface area contributed by atoms with Crippen LogP contribution in [0.25, 0.3) is 0 Å². The van der Waals surface area contributed by atoms with E-state index in [-0.39, 0.29) is 30.6 Å². The van der Waals surface area contributed by atoms with Crippen molar-refractivity contribution in [1.29, 1.82) is 0 Å². The number of anilines is 1. The summed E-state index contributed by atoms with van der Waals surface area (Å²) in [5.41, 5.74) is 0.389. The molecule has 1 fully saturated rings. The van der Waals surface area contributed by atoms with Gasteiger partial charge in [-0.25, -0.2) is 4.79 Å². The van der Waals surface area contributed by atoms with Crippen LogP contribution >= 0.6 is 0 Å². The lowest BCUT2D eigenvalue weighted by atomic mass is 10.0. The van der Waals surface area contributed by atoms with Gasteiger partial charge in [0.2, 0.25) is 11.8 Å². The van der Waals surface area contributed by atoms with Crippen LogP contribution in [0.5, 0.6) is 0 Å². The standard InChI is InChI=1S/C22H27N3O7/c1-12(21(30)32-22(2,3)4)31-10-9-23-13-5-6-14-15(11-13)20(29)25(19(14)28)16-7-8-17(26)24-18(16)27/h5-6,11-12,16,23H,7-10H2,1-4H3,(H,24,26,27). The Bertz CT molecular complexity index is 967. The molecule has 0 spiro atoms. The second-order valence-corrected chi connectivity index (χ2v) is 8.68. The first-order valence-corrected chi connectivity index (χ1v) is 10.4. The first-order valence-electron chi connectivity index (χ1n) is 10.4. The second kappa shape index (κ2) is 9.07. The number of piperidine rings is 1. The first-order chi connectivity index (χ1) is 15.0. The summed E-state index contributed by atoms with van der Waals surface area (Å²) >= 11 is 0. The third-order valence-electron chi connectivity index (χ3n) is 4.98. The molecule has 0 aromatic heterocycles. The molecule has 2 atom stereocenters. The number of amides is 4. The number of fused-ring (bicyclic) bond motifs is 1. The normalized spacial score (nSPS) is 19.5. The molecule has 0 bridgehead atoms. The van der Waals surface area contributed by atoms with E-state index in [1.807, 2.05) is 0 Å². The van der Waals surface area contributed by atoms with E-state index >= 15 is 0 Å². The van der Waals surface area contributed by atoms with Crippen LogP contribution in [-0.2, 0) is 23.9 Å². The average Bonchev–Trinajstić information content (AvgIpc) is 2.94. The van der Waals surface area contributed by atoms with Crippen molar-refractivity contribution in [2.24, 2.45) is 0 Å². The number of hydrogen-bond donors (Lipinski definition) is 2. The Labute approximate surface area is 185 Å². The Morgan fingerprint density at radius 3 is 2.53 bits per heavy atom. The number of benzene rings is 1. The van der Waals surface area contributed by atoms with Crippen LogP contribution in [-0.4, -0.2) is 65.4 Å². The number of rotatable bonds is 7. The van der Waals surface area contributed by atoms with E-state index < -0.39 is 47.3 Å². The van der Waals surface area contributed by atoms with E-state index in [0.29, 0.717) is 12.2 Å². The maximum absolute atomic E-state index is 12.8. The molecule has 0 radical (unpaired) electrons. The van der Waals surface area contributed by atoms with E-state index in [4.69, 9.17) is 9.47 Å². The van der Waals surface area contributed by atoms with Crippen molar-refractivity contribution in [3.8, 4) is 0 Å². The predicted molar refractivity (Wildman–Crippen MR) is 113 cm³/mol. The van der Waals surface area contributed by atoms with Crippen molar-refractivity contribution >= 4 is 35.3 Å². The zero-order valence-electron chi connectivity index (χ0n) is 18.5. The van der Waals surface area contributed by atoms with Crippen LogP contribution < -0.4 is 10.6 Å². The molecule has 2 heterocycles. The van der Waals surface area contributed by atoms with Gasteiger partial charge in [0, 0.05) is 18.7 Å². The largest absolute Gasteiger partial charge is 0.458 e. The molecule has 2 aliphatic rings. The van der Waals surface area contributed by atoms with Gasteiger partial charge in [0.25, 0.3) is 11.8 Å². The summed E-state index contributed by atoms with van der Waals surface area (Å²) < 4.78 is 10.7. The maximum atomic E-state index is 12.8. The van der Waals surface area contributed by atoms with Gasteiger partial charge in [-0.2, -0.15) is 0 Å². The van der Waals surface area contributed by atoms with Gasteiger partial charge in [0.15, 0.2) is 6.10 Å². The molecule has 3 rings (SSSR count). The van der Waals surface area contributed by atoms with Crippen LogP contribution in [0.2, 0.25) is 0 Å². The smallest absolute Gasteiger partial charge is 0.335 e. The topological polar surface area (TPSA) is 131 Å². The summed E-state index contributed by atoms with van der Waals surface area (Å²) in [5, 5.41) is 5.24. The van der Waals surface area contributed by atoms with E-state index in [0.717, 1.165) is 4.90 Å². The molecule has 2 unspecified atom stereocenters. The number of esters is 1. The van der Waals surface area contributed by atoms with Crippen LogP contribution in [0, 0.1) is 0 Å². The highest BCUT2D eigenvalue weighted by molar-refractivity contribution is 6.23. The van der Waals surface area contributed by atoms with E-state index in [1.165, 1.54) is 6.07 Å². The number of imide groups is 2. The van der Waals surface area contributed by atoms with Crippen molar-refractivity contribution in [3.63, 3.8) is 0 Å². The van der Waals surface area contributed by atoms with Crippen molar-refractivity contribution in [2.75, 3.05) is 18.5 Å². The fourth-order valence-electron chi connectivity index (χ4n) is 3.46. The molecular formula is C22H27N3O7.